The Hall–Kier alpha value is -2.85. The SMILES string of the molecule is O=C(Nc1cccc(F)c1)c1cnc2sc(N3CCOCC3)nn2c1=O. The Bertz CT molecular complexity index is 1030. The van der Waals surface area contributed by atoms with Gasteiger partial charge in [0.2, 0.25) is 10.1 Å². The van der Waals surface area contributed by atoms with Crippen molar-refractivity contribution in [3.05, 3.63) is 52.2 Å². The van der Waals surface area contributed by atoms with Crippen LogP contribution in [0.1, 0.15) is 10.4 Å². The third kappa shape index (κ3) is 3.16. The highest BCUT2D eigenvalue weighted by atomic mass is 32.1. The zero-order chi connectivity index (χ0) is 18.1. The van der Waals surface area contributed by atoms with E-state index >= 15 is 0 Å². The number of carbonyl (C=O) groups excluding carboxylic acids is 1. The van der Waals surface area contributed by atoms with E-state index in [1.54, 1.807) is 0 Å². The molecule has 1 aromatic carbocycles. The van der Waals surface area contributed by atoms with E-state index in [0.29, 0.717) is 36.4 Å². The predicted octanol–water partition coefficient (Wildman–Crippen LogP) is 1.38. The summed E-state index contributed by atoms with van der Waals surface area (Å²) in [5.41, 5.74) is -0.475. The standard InChI is InChI=1S/C16H14FN5O3S/c17-10-2-1-3-11(8-10)19-13(23)12-9-18-15-22(14(12)24)20-16(26-15)21-4-6-25-7-5-21/h1-3,8-9H,4-7H2,(H,19,23). The minimum atomic E-state index is -0.663. The first kappa shape index (κ1) is 16.6. The maximum atomic E-state index is 13.2. The van der Waals surface area contributed by atoms with E-state index in [-0.39, 0.29) is 11.3 Å². The van der Waals surface area contributed by atoms with E-state index in [1.807, 2.05) is 4.90 Å². The zero-order valence-electron chi connectivity index (χ0n) is 13.5. The summed E-state index contributed by atoms with van der Waals surface area (Å²) >= 11 is 1.27. The van der Waals surface area contributed by atoms with E-state index in [0.717, 1.165) is 4.52 Å². The lowest BCUT2D eigenvalue weighted by atomic mass is 10.2. The molecule has 134 valence electrons. The number of nitrogens with one attached hydrogen (secondary N) is 1. The summed E-state index contributed by atoms with van der Waals surface area (Å²) in [4.78, 5) is 31.5. The number of carbonyl (C=O) groups is 1. The Morgan fingerprint density at radius 3 is 2.88 bits per heavy atom. The van der Waals surface area contributed by atoms with Crippen LogP contribution in [0.5, 0.6) is 0 Å². The first-order chi connectivity index (χ1) is 12.6. The molecule has 1 saturated heterocycles. The Labute approximate surface area is 150 Å². The van der Waals surface area contributed by atoms with Gasteiger partial charge in [0, 0.05) is 25.0 Å². The number of hydrogen-bond donors (Lipinski definition) is 1. The Balaban J connectivity index is 1.64. The van der Waals surface area contributed by atoms with Gasteiger partial charge in [0.05, 0.1) is 13.2 Å². The minimum Gasteiger partial charge on any atom is -0.378 e. The molecule has 2 aromatic heterocycles. The molecular formula is C16H14FN5O3S. The molecule has 1 aliphatic heterocycles. The number of fused-ring (bicyclic) bond motifs is 1. The summed E-state index contributed by atoms with van der Waals surface area (Å²) in [6.07, 6.45) is 1.22. The molecule has 10 heteroatoms. The molecule has 4 rings (SSSR count). The van der Waals surface area contributed by atoms with Crippen LogP contribution in [0.2, 0.25) is 0 Å². The van der Waals surface area contributed by atoms with Crippen LogP contribution < -0.4 is 15.8 Å². The molecule has 0 saturated carbocycles. The average Bonchev–Trinajstić information content (AvgIpc) is 3.08. The van der Waals surface area contributed by atoms with E-state index in [4.69, 9.17) is 4.74 Å². The Morgan fingerprint density at radius 2 is 2.12 bits per heavy atom. The maximum absolute atomic E-state index is 13.2. The first-order valence-corrected chi connectivity index (χ1v) is 8.72. The highest BCUT2D eigenvalue weighted by Gasteiger charge is 2.20. The second-order valence-corrected chi connectivity index (χ2v) is 6.55. The first-order valence-electron chi connectivity index (χ1n) is 7.90. The molecule has 0 spiro atoms. The molecule has 8 nitrogen and oxygen atoms in total. The number of morpholine rings is 1. The lowest BCUT2D eigenvalue weighted by Gasteiger charge is -2.25. The van der Waals surface area contributed by atoms with Crippen LogP contribution in [0.3, 0.4) is 0 Å². The number of ether oxygens (including phenoxy) is 1. The van der Waals surface area contributed by atoms with E-state index in [1.165, 1.54) is 41.8 Å². The van der Waals surface area contributed by atoms with Crippen molar-refractivity contribution in [2.45, 2.75) is 0 Å². The monoisotopic (exact) mass is 375 g/mol. The average molecular weight is 375 g/mol. The van der Waals surface area contributed by atoms with Gasteiger partial charge < -0.3 is 15.0 Å². The Morgan fingerprint density at radius 1 is 1.31 bits per heavy atom. The van der Waals surface area contributed by atoms with Gasteiger partial charge in [-0.15, -0.1) is 5.10 Å². The van der Waals surface area contributed by atoms with E-state index in [9.17, 15) is 14.0 Å². The van der Waals surface area contributed by atoms with Gasteiger partial charge in [-0.25, -0.2) is 9.37 Å². The van der Waals surface area contributed by atoms with Crippen molar-refractivity contribution in [1.29, 1.82) is 0 Å². The second-order valence-electron chi connectivity index (χ2n) is 5.62. The van der Waals surface area contributed by atoms with Crippen LogP contribution in [0.15, 0.2) is 35.3 Å². The van der Waals surface area contributed by atoms with Crippen molar-refractivity contribution in [3.63, 3.8) is 0 Å². The third-order valence-electron chi connectivity index (χ3n) is 3.88. The normalized spacial score (nSPS) is 14.6. The van der Waals surface area contributed by atoms with Gasteiger partial charge >= 0.3 is 0 Å². The second kappa shape index (κ2) is 6.81. The zero-order valence-corrected chi connectivity index (χ0v) is 14.3. The van der Waals surface area contributed by atoms with Gasteiger partial charge in [-0.1, -0.05) is 17.4 Å². The molecule has 0 bridgehead atoms. The number of hydrogen-bond acceptors (Lipinski definition) is 7. The van der Waals surface area contributed by atoms with Crippen LogP contribution in [0.25, 0.3) is 4.96 Å². The number of halogens is 1. The van der Waals surface area contributed by atoms with Gasteiger partial charge in [0.15, 0.2) is 0 Å². The quantitative estimate of drug-likeness (QED) is 0.744. The smallest absolute Gasteiger partial charge is 0.288 e. The topological polar surface area (TPSA) is 88.8 Å². The number of anilines is 2. The molecule has 1 N–H and O–H groups in total. The number of amides is 1. The van der Waals surface area contributed by atoms with Crippen LogP contribution in [0, 0.1) is 5.82 Å². The molecular weight excluding hydrogens is 361 g/mol. The van der Waals surface area contributed by atoms with E-state index < -0.39 is 17.3 Å². The van der Waals surface area contributed by atoms with Gasteiger partial charge in [0.1, 0.15) is 11.4 Å². The number of aromatic nitrogens is 3. The van der Waals surface area contributed by atoms with Crippen molar-refractivity contribution in [3.8, 4) is 0 Å². The Kier molecular flexibility index (Phi) is 4.35. The molecule has 0 unspecified atom stereocenters. The van der Waals surface area contributed by atoms with Gasteiger partial charge in [-0.2, -0.15) is 4.52 Å². The van der Waals surface area contributed by atoms with Crippen LogP contribution in [-0.2, 0) is 4.74 Å². The van der Waals surface area contributed by atoms with Crippen molar-refractivity contribution >= 4 is 33.0 Å². The third-order valence-corrected chi connectivity index (χ3v) is 4.87. The van der Waals surface area contributed by atoms with Crippen LogP contribution >= 0.6 is 11.3 Å². The highest BCUT2D eigenvalue weighted by molar-refractivity contribution is 7.20. The molecule has 3 aromatic rings. The molecule has 0 aliphatic carbocycles. The van der Waals surface area contributed by atoms with Crippen LogP contribution in [0.4, 0.5) is 15.2 Å². The van der Waals surface area contributed by atoms with Crippen molar-refractivity contribution in [1.82, 2.24) is 14.6 Å². The summed E-state index contributed by atoms with van der Waals surface area (Å²) in [5, 5.41) is 7.44. The number of rotatable bonds is 3. The molecule has 1 amide bonds. The number of benzene rings is 1. The largest absolute Gasteiger partial charge is 0.378 e. The minimum absolute atomic E-state index is 0.161. The molecule has 26 heavy (non-hydrogen) atoms. The molecule has 1 fully saturated rings. The van der Waals surface area contributed by atoms with E-state index in [2.05, 4.69) is 15.4 Å². The van der Waals surface area contributed by atoms with Crippen molar-refractivity contribution in [2.24, 2.45) is 0 Å². The van der Waals surface area contributed by atoms with Gasteiger partial charge in [-0.3, -0.25) is 9.59 Å². The van der Waals surface area contributed by atoms with Gasteiger partial charge in [0.25, 0.3) is 11.5 Å². The van der Waals surface area contributed by atoms with Crippen molar-refractivity contribution in [2.75, 3.05) is 36.5 Å². The summed E-state index contributed by atoms with van der Waals surface area (Å²) < 4.78 is 19.7. The molecule has 3 heterocycles. The number of nitrogens with zero attached hydrogens (tertiary/aromatic N) is 4. The fraction of sp³-hybridized carbons (Fsp3) is 0.250. The molecule has 0 radical (unpaired) electrons. The fourth-order valence-electron chi connectivity index (χ4n) is 2.58. The van der Waals surface area contributed by atoms with Crippen LogP contribution in [-0.4, -0.2) is 46.8 Å². The predicted molar refractivity (Wildman–Crippen MR) is 94.5 cm³/mol. The lowest BCUT2D eigenvalue weighted by molar-refractivity contribution is 0.102. The maximum Gasteiger partial charge on any atom is 0.288 e. The summed E-state index contributed by atoms with van der Waals surface area (Å²) in [7, 11) is 0. The van der Waals surface area contributed by atoms with Crippen molar-refractivity contribution < 1.29 is 13.9 Å². The molecule has 0 atom stereocenters. The summed E-state index contributed by atoms with van der Waals surface area (Å²) in [6, 6.07) is 5.43. The van der Waals surface area contributed by atoms with Gasteiger partial charge in [-0.05, 0) is 18.2 Å². The summed E-state index contributed by atoms with van der Waals surface area (Å²) in [5.74, 6) is -1.15. The lowest BCUT2D eigenvalue weighted by Crippen LogP contribution is -2.36. The molecule has 1 aliphatic rings. The highest BCUT2D eigenvalue weighted by Crippen LogP contribution is 2.22. The summed E-state index contributed by atoms with van der Waals surface area (Å²) in [6.45, 7) is 2.56. The fourth-order valence-corrected chi connectivity index (χ4v) is 3.49.